The third kappa shape index (κ3) is 5.06. The molecule has 1 amide bonds. The Labute approximate surface area is 187 Å². The Bertz CT molecular complexity index is 1210. The minimum atomic E-state index is -3.69. The lowest BCUT2D eigenvalue weighted by Crippen LogP contribution is -2.26. The molecule has 9 heteroatoms. The number of hydrazone groups is 1. The molecule has 0 heterocycles. The van der Waals surface area contributed by atoms with Crippen molar-refractivity contribution in [1.82, 2.24) is 5.43 Å². The van der Waals surface area contributed by atoms with Crippen LogP contribution in [0.3, 0.4) is 0 Å². The summed E-state index contributed by atoms with van der Waals surface area (Å²) in [6.45, 7) is 0. The lowest BCUT2D eigenvalue weighted by atomic mass is 10.2. The van der Waals surface area contributed by atoms with Gasteiger partial charge in [0.1, 0.15) is 11.5 Å². The SMILES string of the molecule is COc1ccc(/C=N/NC(=O)c2ccc(N(C)S(=O)(=O)c3ccccc3)cc2)c(OC)c1. The van der Waals surface area contributed by atoms with E-state index in [1.165, 1.54) is 44.6 Å². The Balaban J connectivity index is 1.68. The van der Waals surface area contributed by atoms with Crippen LogP contribution in [-0.2, 0) is 10.0 Å². The number of carbonyl (C=O) groups is 1. The van der Waals surface area contributed by atoms with Gasteiger partial charge in [-0.3, -0.25) is 9.10 Å². The smallest absolute Gasteiger partial charge is 0.271 e. The fourth-order valence-electron chi connectivity index (χ4n) is 2.86. The molecule has 0 spiro atoms. The lowest BCUT2D eigenvalue weighted by Gasteiger charge is -2.19. The highest BCUT2D eigenvalue weighted by Gasteiger charge is 2.21. The van der Waals surface area contributed by atoms with Gasteiger partial charge in [-0.25, -0.2) is 13.8 Å². The van der Waals surface area contributed by atoms with Gasteiger partial charge in [-0.15, -0.1) is 0 Å². The van der Waals surface area contributed by atoms with Crippen molar-refractivity contribution in [3.63, 3.8) is 0 Å². The first kappa shape index (κ1) is 22.8. The molecule has 0 aliphatic rings. The standard InChI is InChI=1S/C23H23N3O5S/c1-26(32(28,29)21-7-5-4-6-8-21)19-12-9-17(10-13-19)23(27)25-24-16-18-11-14-20(30-2)15-22(18)31-3/h4-16H,1-3H3,(H,25,27)/b24-16+. The first-order valence-electron chi connectivity index (χ1n) is 9.56. The van der Waals surface area contributed by atoms with Crippen LogP contribution in [0.5, 0.6) is 11.5 Å². The van der Waals surface area contributed by atoms with E-state index >= 15 is 0 Å². The number of amides is 1. The summed E-state index contributed by atoms with van der Waals surface area (Å²) < 4.78 is 37.1. The van der Waals surface area contributed by atoms with Crippen LogP contribution in [0.15, 0.2) is 82.8 Å². The van der Waals surface area contributed by atoms with Crippen LogP contribution in [-0.4, -0.2) is 41.8 Å². The molecule has 8 nitrogen and oxygen atoms in total. The van der Waals surface area contributed by atoms with Gasteiger partial charge in [0.25, 0.3) is 15.9 Å². The van der Waals surface area contributed by atoms with E-state index in [4.69, 9.17) is 9.47 Å². The third-order valence-electron chi connectivity index (χ3n) is 4.71. The second-order valence-electron chi connectivity index (χ2n) is 6.64. The Morgan fingerprint density at radius 3 is 2.28 bits per heavy atom. The number of nitrogens with one attached hydrogen (secondary N) is 1. The van der Waals surface area contributed by atoms with Gasteiger partial charge in [0, 0.05) is 24.2 Å². The van der Waals surface area contributed by atoms with E-state index in [1.54, 1.807) is 55.6 Å². The van der Waals surface area contributed by atoms with E-state index in [1.807, 2.05) is 0 Å². The van der Waals surface area contributed by atoms with Gasteiger partial charge in [0.15, 0.2) is 0 Å². The average molecular weight is 454 g/mol. The van der Waals surface area contributed by atoms with E-state index in [0.29, 0.717) is 28.3 Å². The van der Waals surface area contributed by atoms with E-state index < -0.39 is 15.9 Å². The molecular formula is C23H23N3O5S. The highest BCUT2D eigenvalue weighted by Crippen LogP contribution is 2.24. The fourth-order valence-corrected chi connectivity index (χ4v) is 4.08. The minimum Gasteiger partial charge on any atom is -0.497 e. The predicted molar refractivity (Wildman–Crippen MR) is 123 cm³/mol. The molecular weight excluding hydrogens is 430 g/mol. The maximum absolute atomic E-state index is 12.7. The van der Waals surface area contributed by atoms with Crippen LogP contribution in [0.25, 0.3) is 0 Å². The Hall–Kier alpha value is -3.85. The molecule has 0 atom stereocenters. The number of anilines is 1. The number of hydrogen-bond donors (Lipinski definition) is 1. The monoisotopic (exact) mass is 453 g/mol. The molecule has 3 rings (SSSR count). The van der Waals surface area contributed by atoms with Crippen molar-refractivity contribution in [1.29, 1.82) is 0 Å². The van der Waals surface area contributed by atoms with Crippen LogP contribution in [0.1, 0.15) is 15.9 Å². The van der Waals surface area contributed by atoms with E-state index in [-0.39, 0.29) is 4.90 Å². The van der Waals surface area contributed by atoms with Gasteiger partial charge in [0.2, 0.25) is 0 Å². The van der Waals surface area contributed by atoms with E-state index in [9.17, 15) is 13.2 Å². The van der Waals surface area contributed by atoms with Gasteiger partial charge >= 0.3 is 0 Å². The average Bonchev–Trinajstić information content (AvgIpc) is 2.84. The first-order valence-corrected chi connectivity index (χ1v) is 11.0. The largest absolute Gasteiger partial charge is 0.497 e. The molecule has 0 saturated carbocycles. The number of sulfonamides is 1. The summed E-state index contributed by atoms with van der Waals surface area (Å²) >= 11 is 0. The summed E-state index contributed by atoms with van der Waals surface area (Å²) in [7, 11) is 0.856. The maximum atomic E-state index is 12.7. The van der Waals surface area contributed by atoms with Crippen LogP contribution < -0.4 is 19.2 Å². The molecule has 166 valence electrons. The van der Waals surface area contributed by atoms with Crippen molar-refractivity contribution >= 4 is 27.8 Å². The number of ether oxygens (including phenoxy) is 2. The summed E-state index contributed by atoms with van der Waals surface area (Å²) in [4.78, 5) is 12.6. The second kappa shape index (κ2) is 9.97. The predicted octanol–water partition coefficient (Wildman–Crippen LogP) is 3.29. The zero-order valence-electron chi connectivity index (χ0n) is 17.8. The highest BCUT2D eigenvalue weighted by molar-refractivity contribution is 7.92. The molecule has 1 N–H and O–H groups in total. The molecule has 0 aliphatic heterocycles. The Kier molecular flexibility index (Phi) is 7.11. The number of rotatable bonds is 8. The highest BCUT2D eigenvalue weighted by atomic mass is 32.2. The Morgan fingerprint density at radius 1 is 0.969 bits per heavy atom. The Morgan fingerprint density at radius 2 is 1.66 bits per heavy atom. The molecule has 0 bridgehead atoms. The molecule has 0 radical (unpaired) electrons. The summed E-state index contributed by atoms with van der Waals surface area (Å²) in [6, 6.07) is 19.5. The number of nitrogens with zero attached hydrogens (tertiary/aromatic N) is 2. The van der Waals surface area contributed by atoms with Crippen LogP contribution >= 0.6 is 0 Å². The van der Waals surface area contributed by atoms with E-state index in [2.05, 4.69) is 10.5 Å². The van der Waals surface area contributed by atoms with Gasteiger partial charge in [-0.2, -0.15) is 5.10 Å². The van der Waals surface area contributed by atoms with Crippen molar-refractivity contribution in [3.8, 4) is 11.5 Å². The van der Waals surface area contributed by atoms with Crippen LogP contribution in [0.2, 0.25) is 0 Å². The molecule has 32 heavy (non-hydrogen) atoms. The zero-order valence-corrected chi connectivity index (χ0v) is 18.7. The molecule has 0 fully saturated rings. The van der Waals surface area contributed by atoms with Gasteiger partial charge in [-0.05, 0) is 48.5 Å². The molecule has 0 aromatic heterocycles. The van der Waals surface area contributed by atoms with Gasteiger partial charge in [0.05, 0.1) is 31.0 Å². The fraction of sp³-hybridized carbons (Fsp3) is 0.130. The molecule has 0 aliphatic carbocycles. The quantitative estimate of drug-likeness (QED) is 0.417. The number of carbonyl (C=O) groups excluding carboxylic acids is 1. The van der Waals surface area contributed by atoms with Crippen molar-refractivity contribution in [2.45, 2.75) is 4.90 Å². The van der Waals surface area contributed by atoms with E-state index in [0.717, 1.165) is 4.31 Å². The maximum Gasteiger partial charge on any atom is 0.271 e. The third-order valence-corrected chi connectivity index (χ3v) is 6.50. The summed E-state index contributed by atoms with van der Waals surface area (Å²) in [5.41, 5.74) is 3.87. The molecule has 0 unspecified atom stereocenters. The van der Waals surface area contributed by atoms with Crippen molar-refractivity contribution < 1.29 is 22.7 Å². The molecule has 3 aromatic carbocycles. The van der Waals surface area contributed by atoms with Crippen LogP contribution in [0, 0.1) is 0 Å². The van der Waals surface area contributed by atoms with Crippen molar-refractivity contribution in [2.24, 2.45) is 5.10 Å². The number of hydrogen-bond acceptors (Lipinski definition) is 6. The minimum absolute atomic E-state index is 0.188. The van der Waals surface area contributed by atoms with Crippen molar-refractivity contribution in [3.05, 3.63) is 83.9 Å². The number of methoxy groups -OCH3 is 2. The first-order chi connectivity index (χ1) is 15.4. The molecule has 3 aromatic rings. The lowest BCUT2D eigenvalue weighted by molar-refractivity contribution is 0.0955. The second-order valence-corrected chi connectivity index (χ2v) is 8.61. The van der Waals surface area contributed by atoms with Gasteiger partial charge in [-0.1, -0.05) is 18.2 Å². The van der Waals surface area contributed by atoms with Gasteiger partial charge < -0.3 is 9.47 Å². The topological polar surface area (TPSA) is 97.3 Å². The summed E-state index contributed by atoms with van der Waals surface area (Å²) in [5, 5.41) is 3.97. The summed E-state index contributed by atoms with van der Waals surface area (Å²) in [5.74, 6) is 0.755. The van der Waals surface area contributed by atoms with Crippen LogP contribution in [0.4, 0.5) is 5.69 Å². The normalized spacial score (nSPS) is 11.2. The number of benzene rings is 3. The van der Waals surface area contributed by atoms with Crippen molar-refractivity contribution in [2.75, 3.05) is 25.6 Å². The zero-order chi connectivity index (χ0) is 23.1. The molecule has 0 saturated heterocycles. The summed E-state index contributed by atoms with van der Waals surface area (Å²) in [6.07, 6.45) is 1.46.